The molecule has 2 aromatic carbocycles. The zero-order valence-electron chi connectivity index (χ0n) is 12.3. The van der Waals surface area contributed by atoms with Gasteiger partial charge in [-0.3, -0.25) is 4.79 Å². The van der Waals surface area contributed by atoms with Crippen molar-refractivity contribution < 1.29 is 9.21 Å². The van der Waals surface area contributed by atoms with Crippen molar-refractivity contribution in [1.29, 1.82) is 0 Å². The number of amides is 1. The molecule has 1 amide bonds. The van der Waals surface area contributed by atoms with E-state index in [1.165, 1.54) is 0 Å². The van der Waals surface area contributed by atoms with Gasteiger partial charge in [-0.15, -0.1) is 0 Å². The summed E-state index contributed by atoms with van der Waals surface area (Å²) in [6, 6.07) is 13.7. The van der Waals surface area contributed by atoms with Gasteiger partial charge in [-0.05, 0) is 37.6 Å². The molecule has 1 saturated heterocycles. The predicted octanol–water partition coefficient (Wildman–Crippen LogP) is 3.67. The van der Waals surface area contributed by atoms with Gasteiger partial charge in [0.25, 0.3) is 0 Å². The van der Waals surface area contributed by atoms with Crippen LogP contribution in [0.3, 0.4) is 0 Å². The molecule has 1 aliphatic heterocycles. The van der Waals surface area contributed by atoms with E-state index in [0.29, 0.717) is 0 Å². The first kappa shape index (κ1) is 13.3. The van der Waals surface area contributed by atoms with Crippen LogP contribution in [0.5, 0.6) is 0 Å². The number of nitrogens with one attached hydrogen (secondary N) is 2. The molecule has 0 radical (unpaired) electrons. The molecule has 4 heteroatoms. The highest BCUT2D eigenvalue weighted by Gasteiger charge is 2.20. The molecule has 22 heavy (non-hydrogen) atoms. The Balaban J connectivity index is 1.62. The maximum Gasteiger partial charge on any atom is 0.241 e. The lowest BCUT2D eigenvalue weighted by Crippen LogP contribution is -2.43. The molecule has 1 atom stereocenters. The zero-order chi connectivity index (χ0) is 14.9. The summed E-state index contributed by atoms with van der Waals surface area (Å²) in [6.07, 6.45) is 3.15. The second-order valence-electron chi connectivity index (χ2n) is 5.80. The summed E-state index contributed by atoms with van der Waals surface area (Å²) in [5.74, 6) is 0.0372. The molecule has 3 aromatic rings. The molecule has 4 rings (SSSR count). The molecule has 0 aliphatic carbocycles. The van der Waals surface area contributed by atoms with E-state index < -0.39 is 0 Å². The minimum Gasteiger partial charge on any atom is -0.456 e. The van der Waals surface area contributed by atoms with Crippen molar-refractivity contribution in [3.63, 3.8) is 0 Å². The Morgan fingerprint density at radius 1 is 1.09 bits per heavy atom. The minimum absolute atomic E-state index is 0.0372. The summed E-state index contributed by atoms with van der Waals surface area (Å²) < 4.78 is 5.85. The summed E-state index contributed by atoms with van der Waals surface area (Å²) in [5.41, 5.74) is 2.45. The number of para-hydroxylation sites is 1. The molecule has 1 aromatic heterocycles. The lowest BCUT2D eigenvalue weighted by atomic mass is 10.0. The second-order valence-corrected chi connectivity index (χ2v) is 5.80. The van der Waals surface area contributed by atoms with Crippen molar-refractivity contribution in [2.45, 2.75) is 25.3 Å². The predicted molar refractivity (Wildman–Crippen MR) is 88.0 cm³/mol. The van der Waals surface area contributed by atoms with E-state index in [1.54, 1.807) is 0 Å². The van der Waals surface area contributed by atoms with Gasteiger partial charge in [0.2, 0.25) is 5.91 Å². The third-order valence-electron chi connectivity index (χ3n) is 4.27. The van der Waals surface area contributed by atoms with Crippen LogP contribution in [-0.2, 0) is 4.79 Å². The summed E-state index contributed by atoms with van der Waals surface area (Å²) in [5, 5.41) is 8.42. The maximum atomic E-state index is 12.3. The summed E-state index contributed by atoms with van der Waals surface area (Å²) in [7, 11) is 0. The van der Waals surface area contributed by atoms with Gasteiger partial charge >= 0.3 is 0 Å². The number of benzene rings is 2. The number of carbonyl (C=O) groups excluding carboxylic acids is 1. The van der Waals surface area contributed by atoms with Crippen LogP contribution in [0.4, 0.5) is 5.69 Å². The van der Waals surface area contributed by atoms with Crippen LogP contribution in [0.15, 0.2) is 46.9 Å². The highest BCUT2D eigenvalue weighted by molar-refractivity contribution is 6.06. The third-order valence-corrected chi connectivity index (χ3v) is 4.27. The number of furan rings is 1. The van der Waals surface area contributed by atoms with Crippen molar-refractivity contribution in [3.05, 3.63) is 42.5 Å². The molecule has 1 unspecified atom stereocenters. The Hall–Kier alpha value is -2.33. The average molecular weight is 294 g/mol. The number of rotatable bonds is 2. The van der Waals surface area contributed by atoms with Gasteiger partial charge in [0.1, 0.15) is 11.2 Å². The van der Waals surface area contributed by atoms with E-state index in [4.69, 9.17) is 4.42 Å². The van der Waals surface area contributed by atoms with Crippen LogP contribution in [0.2, 0.25) is 0 Å². The van der Waals surface area contributed by atoms with E-state index in [1.807, 2.05) is 42.5 Å². The third kappa shape index (κ3) is 2.35. The second kappa shape index (κ2) is 5.46. The van der Waals surface area contributed by atoms with Gasteiger partial charge in [0.15, 0.2) is 0 Å². The van der Waals surface area contributed by atoms with E-state index in [2.05, 4.69) is 10.6 Å². The zero-order valence-corrected chi connectivity index (χ0v) is 12.3. The van der Waals surface area contributed by atoms with Crippen LogP contribution in [-0.4, -0.2) is 18.5 Å². The van der Waals surface area contributed by atoms with E-state index in [0.717, 1.165) is 53.4 Å². The van der Waals surface area contributed by atoms with E-state index in [9.17, 15) is 4.79 Å². The largest absolute Gasteiger partial charge is 0.456 e. The first-order chi connectivity index (χ1) is 10.8. The lowest BCUT2D eigenvalue weighted by Gasteiger charge is -2.22. The Labute approximate surface area is 128 Å². The van der Waals surface area contributed by atoms with Gasteiger partial charge < -0.3 is 15.1 Å². The molecule has 2 heterocycles. The topological polar surface area (TPSA) is 54.3 Å². The smallest absolute Gasteiger partial charge is 0.241 e. The van der Waals surface area contributed by atoms with Crippen LogP contribution < -0.4 is 10.6 Å². The number of piperidine rings is 1. The van der Waals surface area contributed by atoms with E-state index >= 15 is 0 Å². The number of fused-ring (bicyclic) bond motifs is 3. The fourth-order valence-electron chi connectivity index (χ4n) is 3.11. The normalized spacial score (nSPS) is 18.6. The van der Waals surface area contributed by atoms with Gasteiger partial charge in [-0.25, -0.2) is 0 Å². The molecule has 0 saturated carbocycles. The quantitative estimate of drug-likeness (QED) is 0.758. The fourth-order valence-corrected chi connectivity index (χ4v) is 3.11. The summed E-state index contributed by atoms with van der Waals surface area (Å²) in [4.78, 5) is 12.3. The number of hydrogen-bond donors (Lipinski definition) is 2. The lowest BCUT2D eigenvalue weighted by molar-refractivity contribution is -0.118. The Bertz CT molecular complexity index is 831. The van der Waals surface area contributed by atoms with Crippen LogP contribution in [0.1, 0.15) is 19.3 Å². The molecule has 2 N–H and O–H groups in total. The SMILES string of the molecule is O=C(Nc1ccc2c(c1)oc1ccccc12)C1CCCCN1. The van der Waals surface area contributed by atoms with Gasteiger partial charge in [-0.2, -0.15) is 0 Å². The summed E-state index contributed by atoms with van der Waals surface area (Å²) in [6.45, 7) is 0.917. The Morgan fingerprint density at radius 3 is 2.82 bits per heavy atom. The first-order valence-corrected chi connectivity index (χ1v) is 7.77. The monoisotopic (exact) mass is 294 g/mol. The van der Waals surface area contributed by atoms with Crippen molar-refractivity contribution in [2.75, 3.05) is 11.9 Å². The molecule has 1 fully saturated rings. The molecular formula is C18H18N2O2. The highest BCUT2D eigenvalue weighted by Crippen LogP contribution is 2.30. The Morgan fingerprint density at radius 2 is 1.95 bits per heavy atom. The van der Waals surface area contributed by atoms with Gasteiger partial charge in [0.05, 0.1) is 6.04 Å². The van der Waals surface area contributed by atoms with Crippen molar-refractivity contribution in [1.82, 2.24) is 5.32 Å². The maximum absolute atomic E-state index is 12.3. The summed E-state index contributed by atoms with van der Waals surface area (Å²) >= 11 is 0. The first-order valence-electron chi connectivity index (χ1n) is 7.77. The molecule has 1 aliphatic rings. The Kier molecular flexibility index (Phi) is 3.31. The van der Waals surface area contributed by atoms with Gasteiger partial charge in [-0.1, -0.05) is 24.6 Å². The van der Waals surface area contributed by atoms with Crippen LogP contribution >= 0.6 is 0 Å². The van der Waals surface area contributed by atoms with Gasteiger partial charge in [0, 0.05) is 22.5 Å². The van der Waals surface area contributed by atoms with Crippen molar-refractivity contribution in [2.24, 2.45) is 0 Å². The molecule has 112 valence electrons. The van der Waals surface area contributed by atoms with Crippen molar-refractivity contribution >= 4 is 33.5 Å². The number of hydrogen-bond acceptors (Lipinski definition) is 3. The standard InChI is InChI=1S/C18H18N2O2/c21-18(15-6-3-4-10-19-15)20-12-8-9-14-13-5-1-2-7-16(13)22-17(14)11-12/h1-2,5,7-9,11,15,19H,3-4,6,10H2,(H,20,21). The fraction of sp³-hybridized carbons (Fsp3) is 0.278. The van der Waals surface area contributed by atoms with Crippen molar-refractivity contribution in [3.8, 4) is 0 Å². The van der Waals surface area contributed by atoms with Crippen LogP contribution in [0.25, 0.3) is 21.9 Å². The molecule has 0 bridgehead atoms. The highest BCUT2D eigenvalue weighted by atomic mass is 16.3. The van der Waals surface area contributed by atoms with E-state index in [-0.39, 0.29) is 11.9 Å². The molecular weight excluding hydrogens is 276 g/mol. The number of anilines is 1. The molecule has 4 nitrogen and oxygen atoms in total. The molecule has 0 spiro atoms. The average Bonchev–Trinajstić information content (AvgIpc) is 2.93. The minimum atomic E-state index is -0.0832. The number of carbonyl (C=O) groups is 1. The van der Waals surface area contributed by atoms with Crippen LogP contribution in [0, 0.1) is 0 Å².